The van der Waals surface area contributed by atoms with E-state index in [4.69, 9.17) is 11.6 Å². The average Bonchev–Trinajstić information content (AvgIpc) is 3.23. The van der Waals surface area contributed by atoms with Crippen LogP contribution in [0.2, 0.25) is 5.28 Å². The van der Waals surface area contributed by atoms with Crippen LogP contribution in [-0.4, -0.2) is 57.2 Å². The van der Waals surface area contributed by atoms with Crippen LogP contribution in [-0.2, 0) is 13.0 Å². The number of hydrogen-bond donors (Lipinski definition) is 0. The second kappa shape index (κ2) is 7.28. The zero-order valence-corrected chi connectivity index (χ0v) is 17.4. The summed E-state index contributed by atoms with van der Waals surface area (Å²) < 4.78 is 38.3. The van der Waals surface area contributed by atoms with Gasteiger partial charge in [0.15, 0.2) is 0 Å². The molecule has 11 heteroatoms. The van der Waals surface area contributed by atoms with E-state index in [1.165, 1.54) is 6.33 Å². The van der Waals surface area contributed by atoms with E-state index in [1.54, 1.807) is 12.3 Å². The van der Waals surface area contributed by atoms with Crippen LogP contribution in [0.4, 0.5) is 19.0 Å². The Bertz CT molecular complexity index is 1080. The number of hydrogen-bond acceptors (Lipinski definition) is 7. The molecule has 0 atom stereocenters. The Morgan fingerprint density at radius 2 is 2.00 bits per heavy atom. The average molecular weight is 455 g/mol. The summed E-state index contributed by atoms with van der Waals surface area (Å²) in [6.45, 7) is 4.30. The molecule has 6 nitrogen and oxygen atoms in total. The Kier molecular flexibility index (Phi) is 4.83. The van der Waals surface area contributed by atoms with Gasteiger partial charge >= 0.3 is 6.18 Å². The summed E-state index contributed by atoms with van der Waals surface area (Å²) in [5.41, 5.74) is 1.08. The van der Waals surface area contributed by atoms with Gasteiger partial charge in [-0.2, -0.15) is 13.2 Å². The van der Waals surface area contributed by atoms with Crippen LogP contribution in [0.5, 0.6) is 0 Å². The predicted octanol–water partition coefficient (Wildman–Crippen LogP) is 3.95. The van der Waals surface area contributed by atoms with E-state index in [2.05, 4.69) is 29.7 Å². The van der Waals surface area contributed by atoms with Crippen molar-refractivity contribution in [2.24, 2.45) is 5.41 Å². The normalized spacial score (nSPS) is 19.0. The Balaban J connectivity index is 1.28. The van der Waals surface area contributed by atoms with Crippen molar-refractivity contribution in [1.82, 2.24) is 24.8 Å². The lowest BCUT2D eigenvalue weighted by atomic mass is 9.79. The van der Waals surface area contributed by atoms with Crippen molar-refractivity contribution in [1.29, 1.82) is 0 Å². The largest absolute Gasteiger partial charge is 0.393 e. The van der Waals surface area contributed by atoms with Crippen molar-refractivity contribution in [2.45, 2.75) is 25.6 Å². The number of rotatable bonds is 4. The van der Waals surface area contributed by atoms with Crippen molar-refractivity contribution in [3.05, 3.63) is 40.5 Å². The van der Waals surface area contributed by atoms with E-state index < -0.39 is 12.6 Å². The minimum absolute atomic E-state index is 0.179. The first-order valence-electron chi connectivity index (χ1n) is 9.54. The van der Waals surface area contributed by atoms with Crippen LogP contribution in [0.1, 0.15) is 17.0 Å². The minimum Gasteiger partial charge on any atom is -0.355 e. The number of alkyl halides is 3. The number of fused-ring (bicyclic) bond motifs is 1. The van der Waals surface area contributed by atoms with Crippen LogP contribution < -0.4 is 4.90 Å². The SMILES string of the molecule is FC(F)(F)Cc1cc2c(N3CCC4(CN(Cc5ccnc(Cl)n5)C4)C3)ncnc2s1. The molecular formula is C19H18ClF3N6S. The standard InChI is InChI=1S/C19H18ClF3N6S/c20-17-24-3-1-12(27-17)7-28-8-18(9-28)2-4-29(10-18)15-14-5-13(6-19(21,22)23)30-16(14)26-11-25-15/h1,3,5,11H,2,4,6-10H2. The summed E-state index contributed by atoms with van der Waals surface area (Å²) in [6.07, 6.45) is -1.03. The van der Waals surface area contributed by atoms with Gasteiger partial charge in [0.2, 0.25) is 5.28 Å². The van der Waals surface area contributed by atoms with Gasteiger partial charge < -0.3 is 4.90 Å². The maximum atomic E-state index is 12.8. The molecule has 2 aliphatic rings. The van der Waals surface area contributed by atoms with Gasteiger partial charge in [-0.05, 0) is 30.2 Å². The van der Waals surface area contributed by atoms with Gasteiger partial charge in [0.1, 0.15) is 17.0 Å². The molecule has 1 spiro atoms. The molecular weight excluding hydrogens is 437 g/mol. The predicted molar refractivity (Wildman–Crippen MR) is 109 cm³/mol. The van der Waals surface area contributed by atoms with Crippen molar-refractivity contribution >= 4 is 39.0 Å². The topological polar surface area (TPSA) is 58.0 Å². The Labute approximate surface area is 179 Å². The summed E-state index contributed by atoms with van der Waals surface area (Å²) in [4.78, 5) is 22.1. The Morgan fingerprint density at radius 1 is 1.17 bits per heavy atom. The van der Waals surface area contributed by atoms with E-state index in [1.807, 2.05) is 6.07 Å². The van der Waals surface area contributed by atoms with Gasteiger partial charge in [0.05, 0.1) is 17.5 Å². The van der Waals surface area contributed by atoms with Crippen LogP contribution in [0.3, 0.4) is 0 Å². The Morgan fingerprint density at radius 3 is 2.77 bits per heavy atom. The molecule has 0 aliphatic carbocycles. The second-order valence-corrected chi connectivity index (χ2v) is 9.51. The third-order valence-electron chi connectivity index (χ3n) is 5.66. The lowest BCUT2D eigenvalue weighted by Crippen LogP contribution is -2.57. The highest BCUT2D eigenvalue weighted by Gasteiger charge is 2.48. The lowest BCUT2D eigenvalue weighted by Gasteiger charge is -2.48. The van der Waals surface area contributed by atoms with E-state index in [0.29, 0.717) is 10.2 Å². The molecule has 158 valence electrons. The maximum Gasteiger partial charge on any atom is 0.393 e. The number of nitrogens with zero attached hydrogens (tertiary/aromatic N) is 6. The molecule has 5 rings (SSSR count). The van der Waals surface area contributed by atoms with Gasteiger partial charge in [0.25, 0.3) is 0 Å². The van der Waals surface area contributed by atoms with E-state index in [9.17, 15) is 13.2 Å². The van der Waals surface area contributed by atoms with Gasteiger partial charge in [-0.25, -0.2) is 19.9 Å². The molecule has 0 unspecified atom stereocenters. The molecule has 3 aromatic rings. The van der Waals surface area contributed by atoms with E-state index in [-0.39, 0.29) is 15.6 Å². The van der Waals surface area contributed by atoms with Gasteiger partial charge in [-0.3, -0.25) is 4.90 Å². The fourth-order valence-corrected chi connectivity index (χ4v) is 5.69. The first-order valence-corrected chi connectivity index (χ1v) is 10.7. The fraction of sp³-hybridized carbons (Fsp3) is 0.474. The number of likely N-dealkylation sites (tertiary alicyclic amines) is 1. The molecule has 0 N–H and O–H groups in total. The van der Waals surface area contributed by atoms with Crippen molar-refractivity contribution in [2.75, 3.05) is 31.1 Å². The number of anilines is 1. The van der Waals surface area contributed by atoms with Crippen molar-refractivity contribution in [3.8, 4) is 0 Å². The summed E-state index contributed by atoms with van der Waals surface area (Å²) in [6, 6.07) is 3.46. The molecule has 5 heterocycles. The quantitative estimate of drug-likeness (QED) is 0.556. The van der Waals surface area contributed by atoms with Crippen LogP contribution in [0.25, 0.3) is 10.2 Å². The van der Waals surface area contributed by atoms with Gasteiger partial charge in [0, 0.05) is 49.2 Å². The third-order valence-corrected chi connectivity index (χ3v) is 6.88. The molecule has 0 bridgehead atoms. The molecule has 3 aromatic heterocycles. The first kappa shape index (κ1) is 19.9. The molecule has 0 aromatic carbocycles. The molecule has 0 radical (unpaired) electrons. The highest BCUT2D eigenvalue weighted by atomic mass is 35.5. The summed E-state index contributed by atoms with van der Waals surface area (Å²) >= 11 is 6.95. The molecule has 2 fully saturated rings. The number of thiophene rings is 1. The van der Waals surface area contributed by atoms with Crippen molar-refractivity contribution < 1.29 is 13.2 Å². The van der Waals surface area contributed by atoms with E-state index >= 15 is 0 Å². The first-order chi connectivity index (χ1) is 14.3. The molecule has 30 heavy (non-hydrogen) atoms. The van der Waals surface area contributed by atoms with Gasteiger partial charge in [-0.1, -0.05) is 0 Å². The van der Waals surface area contributed by atoms with Crippen LogP contribution in [0.15, 0.2) is 24.7 Å². The van der Waals surface area contributed by atoms with Gasteiger partial charge in [-0.15, -0.1) is 11.3 Å². The fourth-order valence-electron chi connectivity index (χ4n) is 4.50. The third kappa shape index (κ3) is 3.95. The van der Waals surface area contributed by atoms with Crippen LogP contribution in [0, 0.1) is 5.41 Å². The second-order valence-electron chi connectivity index (χ2n) is 8.05. The highest BCUT2D eigenvalue weighted by molar-refractivity contribution is 7.18. The van der Waals surface area contributed by atoms with E-state index in [0.717, 1.165) is 62.0 Å². The number of aromatic nitrogens is 4. The Hall–Kier alpha value is -2.04. The highest BCUT2D eigenvalue weighted by Crippen LogP contribution is 2.43. The maximum absolute atomic E-state index is 12.8. The minimum atomic E-state index is -4.23. The molecule has 0 saturated carbocycles. The number of halogens is 4. The zero-order chi connectivity index (χ0) is 20.9. The van der Waals surface area contributed by atoms with Crippen LogP contribution >= 0.6 is 22.9 Å². The zero-order valence-electron chi connectivity index (χ0n) is 15.9. The smallest absolute Gasteiger partial charge is 0.355 e. The summed E-state index contributed by atoms with van der Waals surface area (Å²) in [5.74, 6) is 0.739. The summed E-state index contributed by atoms with van der Waals surface area (Å²) in [5, 5.41) is 0.966. The monoisotopic (exact) mass is 454 g/mol. The molecule has 2 saturated heterocycles. The lowest BCUT2D eigenvalue weighted by molar-refractivity contribution is -0.126. The molecule has 0 amide bonds. The summed E-state index contributed by atoms with van der Waals surface area (Å²) in [7, 11) is 0. The van der Waals surface area contributed by atoms with Crippen molar-refractivity contribution in [3.63, 3.8) is 0 Å². The molecule has 2 aliphatic heterocycles.